The molecule has 4 nitrogen and oxygen atoms in total. The second-order valence-corrected chi connectivity index (χ2v) is 5.70. The number of benzene rings is 1. The highest BCUT2D eigenvalue weighted by Crippen LogP contribution is 2.09. The number of unbranched alkanes of at least 4 members (excludes halogenated alkanes) is 3. The fraction of sp³-hybridized carbons (Fsp3) is 0.474. The molecule has 132 valence electrons. The molecule has 24 heavy (non-hydrogen) atoms. The van der Waals surface area contributed by atoms with Crippen molar-refractivity contribution in [2.45, 2.75) is 44.4 Å². The van der Waals surface area contributed by atoms with E-state index in [2.05, 4.69) is 6.58 Å². The Bertz CT molecular complexity index is 511. The summed E-state index contributed by atoms with van der Waals surface area (Å²) < 4.78 is 10.3. The number of hydrogen-bond donors (Lipinski definition) is 0. The normalized spacial score (nSPS) is 10.2. The number of hydrogen-bond acceptors (Lipinski definition) is 4. The van der Waals surface area contributed by atoms with Gasteiger partial charge >= 0.3 is 11.9 Å². The maximum atomic E-state index is 11.8. The number of ether oxygens (including phenoxy) is 2. The van der Waals surface area contributed by atoms with Gasteiger partial charge in [-0.1, -0.05) is 18.2 Å². The summed E-state index contributed by atoms with van der Waals surface area (Å²) >= 11 is 5.70. The lowest BCUT2D eigenvalue weighted by molar-refractivity contribution is -0.143. The van der Waals surface area contributed by atoms with Crippen LogP contribution in [0.25, 0.3) is 0 Å². The number of halogens is 1. The molecule has 0 aromatic heterocycles. The van der Waals surface area contributed by atoms with Crippen LogP contribution in [0.4, 0.5) is 0 Å². The maximum absolute atomic E-state index is 11.8. The van der Waals surface area contributed by atoms with E-state index in [0.29, 0.717) is 31.1 Å². The first kappa shape index (κ1) is 20.2. The number of carbonyl (C=O) groups excluding carboxylic acids is 2. The Morgan fingerprint density at radius 2 is 1.71 bits per heavy atom. The van der Waals surface area contributed by atoms with Crippen LogP contribution in [0.2, 0.25) is 0 Å². The van der Waals surface area contributed by atoms with Gasteiger partial charge in [-0.05, 0) is 49.8 Å². The maximum Gasteiger partial charge on any atom is 0.338 e. The van der Waals surface area contributed by atoms with Crippen LogP contribution in [0.5, 0.6) is 0 Å². The highest BCUT2D eigenvalue weighted by Gasteiger charge is 2.07. The quantitative estimate of drug-likeness (QED) is 0.238. The Hall–Kier alpha value is -1.81. The molecule has 0 amide bonds. The minimum Gasteiger partial charge on any atom is -0.466 e. The van der Waals surface area contributed by atoms with Gasteiger partial charge in [-0.2, -0.15) is 0 Å². The Morgan fingerprint density at radius 3 is 2.38 bits per heavy atom. The third kappa shape index (κ3) is 8.73. The lowest BCUT2D eigenvalue weighted by Crippen LogP contribution is -2.07. The van der Waals surface area contributed by atoms with Gasteiger partial charge in [-0.3, -0.25) is 4.79 Å². The number of rotatable bonds is 12. The Morgan fingerprint density at radius 1 is 1.00 bits per heavy atom. The number of carbonyl (C=O) groups is 2. The summed E-state index contributed by atoms with van der Waals surface area (Å²) in [4.78, 5) is 23.3. The number of allylic oxidation sites excluding steroid dienone is 1. The summed E-state index contributed by atoms with van der Waals surface area (Å²) in [6.07, 6.45) is 6.17. The van der Waals surface area contributed by atoms with Crippen LogP contribution in [-0.4, -0.2) is 25.2 Å². The first-order chi connectivity index (χ1) is 11.7. The lowest BCUT2D eigenvalue weighted by atomic mass is 10.1. The van der Waals surface area contributed by atoms with E-state index in [0.717, 1.165) is 37.7 Å². The van der Waals surface area contributed by atoms with Gasteiger partial charge in [0.25, 0.3) is 0 Å². The summed E-state index contributed by atoms with van der Waals surface area (Å²) in [7, 11) is 0. The summed E-state index contributed by atoms with van der Waals surface area (Å²) in [6, 6.07) is 7.04. The molecule has 0 atom stereocenters. The van der Waals surface area contributed by atoms with Crippen molar-refractivity contribution in [1.82, 2.24) is 0 Å². The molecule has 0 heterocycles. The van der Waals surface area contributed by atoms with Crippen molar-refractivity contribution in [3.05, 3.63) is 48.0 Å². The molecular formula is C19H25ClO4. The molecule has 0 bridgehead atoms. The molecule has 0 unspecified atom stereocenters. The van der Waals surface area contributed by atoms with Crippen molar-refractivity contribution < 1.29 is 19.1 Å². The summed E-state index contributed by atoms with van der Waals surface area (Å²) in [5, 5.41) is 0. The topological polar surface area (TPSA) is 52.6 Å². The van der Waals surface area contributed by atoms with Crippen LogP contribution in [-0.2, 0) is 20.1 Å². The van der Waals surface area contributed by atoms with Gasteiger partial charge in [0.1, 0.15) is 0 Å². The first-order valence-electron chi connectivity index (χ1n) is 8.26. The van der Waals surface area contributed by atoms with Gasteiger partial charge in [0.05, 0.1) is 18.8 Å². The lowest BCUT2D eigenvalue weighted by Gasteiger charge is -2.06. The van der Waals surface area contributed by atoms with Crippen LogP contribution >= 0.6 is 11.6 Å². The standard InChI is InChI=1S/C19H25ClO4/c1-2-3-6-13-23-18(21)8-5-4-7-14-24-19(22)17-11-9-16(15-20)10-12-17/h2,9-12H,1,3-8,13-15H2. The minimum absolute atomic E-state index is 0.171. The van der Waals surface area contributed by atoms with Gasteiger partial charge in [0, 0.05) is 12.3 Å². The van der Waals surface area contributed by atoms with Gasteiger partial charge in [-0.25, -0.2) is 4.79 Å². The van der Waals surface area contributed by atoms with E-state index < -0.39 is 0 Å². The van der Waals surface area contributed by atoms with Crippen molar-refractivity contribution in [2.24, 2.45) is 0 Å². The molecule has 0 radical (unpaired) electrons. The Kier molecular flexibility index (Phi) is 10.6. The van der Waals surface area contributed by atoms with E-state index in [-0.39, 0.29) is 11.9 Å². The molecule has 0 N–H and O–H groups in total. The van der Waals surface area contributed by atoms with Crippen molar-refractivity contribution in [3.8, 4) is 0 Å². The molecule has 0 aliphatic rings. The molecule has 0 fully saturated rings. The van der Waals surface area contributed by atoms with Crippen LogP contribution in [0.1, 0.15) is 54.4 Å². The van der Waals surface area contributed by atoms with Gasteiger partial charge in [-0.15, -0.1) is 18.2 Å². The number of esters is 2. The third-order valence-electron chi connectivity index (χ3n) is 3.42. The molecule has 5 heteroatoms. The number of alkyl halides is 1. The van der Waals surface area contributed by atoms with E-state index in [9.17, 15) is 9.59 Å². The average molecular weight is 353 g/mol. The van der Waals surface area contributed by atoms with E-state index >= 15 is 0 Å². The van der Waals surface area contributed by atoms with E-state index in [1.54, 1.807) is 18.2 Å². The monoisotopic (exact) mass is 352 g/mol. The summed E-state index contributed by atoms with van der Waals surface area (Å²) in [5.74, 6) is -0.0837. The summed E-state index contributed by atoms with van der Waals surface area (Å²) in [5.41, 5.74) is 1.48. The van der Waals surface area contributed by atoms with E-state index in [1.165, 1.54) is 0 Å². The molecule has 0 saturated heterocycles. The molecule has 0 spiro atoms. The zero-order valence-corrected chi connectivity index (χ0v) is 14.7. The molecule has 0 aliphatic heterocycles. The fourth-order valence-electron chi connectivity index (χ4n) is 2.01. The van der Waals surface area contributed by atoms with Crippen molar-refractivity contribution in [3.63, 3.8) is 0 Å². The van der Waals surface area contributed by atoms with Crippen LogP contribution in [0.3, 0.4) is 0 Å². The van der Waals surface area contributed by atoms with Gasteiger partial charge in [0.15, 0.2) is 0 Å². The smallest absolute Gasteiger partial charge is 0.338 e. The molecular weight excluding hydrogens is 328 g/mol. The predicted octanol–water partition coefficient (Wildman–Crippen LogP) is 4.65. The van der Waals surface area contributed by atoms with Gasteiger partial charge in [0.2, 0.25) is 0 Å². The van der Waals surface area contributed by atoms with Crippen molar-refractivity contribution in [2.75, 3.05) is 13.2 Å². The van der Waals surface area contributed by atoms with Crippen LogP contribution < -0.4 is 0 Å². The molecule has 0 aliphatic carbocycles. The Balaban J connectivity index is 2.05. The van der Waals surface area contributed by atoms with E-state index in [1.807, 2.05) is 12.1 Å². The molecule has 1 aromatic rings. The highest BCUT2D eigenvalue weighted by atomic mass is 35.5. The molecule has 1 rings (SSSR count). The molecule has 0 saturated carbocycles. The zero-order valence-electron chi connectivity index (χ0n) is 14.0. The predicted molar refractivity (Wildman–Crippen MR) is 95.1 cm³/mol. The van der Waals surface area contributed by atoms with E-state index in [4.69, 9.17) is 21.1 Å². The second kappa shape index (κ2) is 12.6. The fourth-order valence-corrected chi connectivity index (χ4v) is 2.19. The zero-order chi connectivity index (χ0) is 17.6. The second-order valence-electron chi connectivity index (χ2n) is 5.43. The average Bonchev–Trinajstić information content (AvgIpc) is 2.61. The molecule has 1 aromatic carbocycles. The van der Waals surface area contributed by atoms with Gasteiger partial charge < -0.3 is 9.47 Å². The largest absolute Gasteiger partial charge is 0.466 e. The Labute approximate surface area is 148 Å². The van der Waals surface area contributed by atoms with Crippen molar-refractivity contribution in [1.29, 1.82) is 0 Å². The minimum atomic E-state index is -0.335. The first-order valence-corrected chi connectivity index (χ1v) is 8.79. The van der Waals surface area contributed by atoms with Crippen LogP contribution in [0, 0.1) is 0 Å². The SMILES string of the molecule is C=CCCCOC(=O)CCCCCOC(=O)c1ccc(CCl)cc1. The third-order valence-corrected chi connectivity index (χ3v) is 3.73. The van der Waals surface area contributed by atoms with Crippen LogP contribution in [0.15, 0.2) is 36.9 Å². The van der Waals surface area contributed by atoms with Crippen molar-refractivity contribution >= 4 is 23.5 Å². The summed E-state index contributed by atoms with van der Waals surface area (Å²) in [6.45, 7) is 4.41. The highest BCUT2D eigenvalue weighted by molar-refractivity contribution is 6.17.